The van der Waals surface area contributed by atoms with E-state index in [1.54, 1.807) is 12.1 Å². The molecule has 0 spiro atoms. The maximum atomic E-state index is 13.6. The lowest BCUT2D eigenvalue weighted by Gasteiger charge is -2.11. The first kappa shape index (κ1) is 18.9. The molecule has 142 valence electrons. The van der Waals surface area contributed by atoms with Crippen molar-refractivity contribution in [1.29, 1.82) is 0 Å². The van der Waals surface area contributed by atoms with E-state index >= 15 is 0 Å². The van der Waals surface area contributed by atoms with E-state index in [0.717, 1.165) is 4.31 Å². The molecule has 1 aromatic heterocycles. The lowest BCUT2D eigenvalue weighted by Crippen LogP contribution is -2.22. The minimum atomic E-state index is -3.57. The minimum Gasteiger partial charge on any atom is -0.324 e. The normalized spacial score (nSPS) is 11.9. The molecule has 1 amide bonds. The van der Waals surface area contributed by atoms with Crippen LogP contribution in [0.5, 0.6) is 0 Å². The van der Waals surface area contributed by atoms with Crippen molar-refractivity contribution < 1.29 is 17.6 Å². The fourth-order valence-electron chi connectivity index (χ4n) is 2.47. The molecule has 1 N–H and O–H groups in total. The van der Waals surface area contributed by atoms with Crippen molar-refractivity contribution in [3.8, 4) is 0 Å². The highest BCUT2D eigenvalue weighted by atomic mass is 32.2. The van der Waals surface area contributed by atoms with Crippen LogP contribution in [-0.2, 0) is 21.4 Å². The summed E-state index contributed by atoms with van der Waals surface area (Å²) in [6, 6.07) is 10.4. The maximum Gasteiger partial charge on any atom is 0.242 e. The van der Waals surface area contributed by atoms with Crippen molar-refractivity contribution in [2.24, 2.45) is 0 Å². The molecular formula is C17H18FN5O3S. The van der Waals surface area contributed by atoms with Gasteiger partial charge >= 0.3 is 0 Å². The molecule has 3 rings (SSSR count). The van der Waals surface area contributed by atoms with Gasteiger partial charge in [-0.2, -0.15) is 0 Å². The number of hydrogen-bond donors (Lipinski definition) is 1. The van der Waals surface area contributed by atoms with E-state index in [4.69, 9.17) is 0 Å². The van der Waals surface area contributed by atoms with Crippen LogP contribution in [0.4, 0.5) is 10.1 Å². The number of para-hydroxylation sites is 1. The fourth-order valence-corrected chi connectivity index (χ4v) is 3.39. The molecule has 8 nitrogen and oxygen atoms in total. The largest absolute Gasteiger partial charge is 0.324 e. The van der Waals surface area contributed by atoms with Crippen LogP contribution < -0.4 is 5.32 Å². The average Bonchev–Trinajstić information content (AvgIpc) is 3.04. The molecule has 0 radical (unpaired) electrons. The zero-order valence-corrected chi connectivity index (χ0v) is 15.6. The number of sulfonamides is 1. The van der Waals surface area contributed by atoms with Gasteiger partial charge in [-0.1, -0.05) is 17.3 Å². The molecule has 10 heteroatoms. The second-order valence-corrected chi connectivity index (χ2v) is 8.18. The number of halogens is 1. The summed E-state index contributed by atoms with van der Waals surface area (Å²) in [5.41, 5.74) is 1.13. The van der Waals surface area contributed by atoms with Crippen LogP contribution in [0.2, 0.25) is 0 Å². The first-order chi connectivity index (χ1) is 12.8. The summed E-state index contributed by atoms with van der Waals surface area (Å²) in [4.78, 5) is 12.1. The number of benzene rings is 2. The number of aryl methyl sites for hydroxylation is 1. The summed E-state index contributed by atoms with van der Waals surface area (Å²) in [6.07, 6.45) is 0.0601. The molecule has 0 saturated heterocycles. The van der Waals surface area contributed by atoms with Gasteiger partial charge in [-0.15, -0.1) is 5.10 Å². The van der Waals surface area contributed by atoms with Crippen molar-refractivity contribution in [3.63, 3.8) is 0 Å². The van der Waals surface area contributed by atoms with Crippen molar-refractivity contribution in [1.82, 2.24) is 19.3 Å². The Labute approximate surface area is 155 Å². The highest BCUT2D eigenvalue weighted by Crippen LogP contribution is 2.19. The Hall–Kier alpha value is -2.85. The molecule has 0 saturated carbocycles. The summed E-state index contributed by atoms with van der Waals surface area (Å²) in [5, 5.41) is 10.4. The summed E-state index contributed by atoms with van der Waals surface area (Å²) in [5.74, 6) is -0.873. The Balaban J connectivity index is 1.73. The molecule has 2 aromatic carbocycles. The number of hydrogen-bond acceptors (Lipinski definition) is 5. The van der Waals surface area contributed by atoms with E-state index in [9.17, 15) is 17.6 Å². The van der Waals surface area contributed by atoms with Crippen molar-refractivity contribution >= 4 is 32.7 Å². The van der Waals surface area contributed by atoms with E-state index < -0.39 is 15.8 Å². The third-order valence-corrected chi connectivity index (χ3v) is 5.77. The summed E-state index contributed by atoms with van der Waals surface area (Å²) >= 11 is 0. The third kappa shape index (κ3) is 3.96. The predicted molar refractivity (Wildman–Crippen MR) is 98.0 cm³/mol. The molecule has 0 unspecified atom stereocenters. The monoisotopic (exact) mass is 391 g/mol. The van der Waals surface area contributed by atoms with E-state index in [1.165, 1.54) is 49.1 Å². The van der Waals surface area contributed by atoms with Gasteiger partial charge in [0, 0.05) is 20.5 Å². The molecule has 0 aliphatic carbocycles. The zero-order valence-electron chi connectivity index (χ0n) is 14.8. The molecule has 0 bridgehead atoms. The Morgan fingerprint density at radius 2 is 1.96 bits per heavy atom. The summed E-state index contributed by atoms with van der Waals surface area (Å²) in [7, 11) is -0.669. The fraction of sp³-hybridized carbons (Fsp3) is 0.235. The van der Waals surface area contributed by atoms with E-state index in [0.29, 0.717) is 11.0 Å². The smallest absolute Gasteiger partial charge is 0.242 e. The Morgan fingerprint density at radius 3 is 2.67 bits per heavy atom. The van der Waals surface area contributed by atoms with Gasteiger partial charge in [0.2, 0.25) is 15.9 Å². The third-order valence-electron chi connectivity index (χ3n) is 3.96. The second-order valence-electron chi connectivity index (χ2n) is 6.03. The first-order valence-corrected chi connectivity index (χ1v) is 9.53. The van der Waals surface area contributed by atoms with Crippen LogP contribution in [0.15, 0.2) is 47.4 Å². The molecule has 0 fully saturated rings. The van der Waals surface area contributed by atoms with Gasteiger partial charge < -0.3 is 5.32 Å². The molecule has 1 heterocycles. The average molecular weight is 391 g/mol. The predicted octanol–water partition coefficient (Wildman–Crippen LogP) is 1.85. The second kappa shape index (κ2) is 7.41. The van der Waals surface area contributed by atoms with Gasteiger partial charge in [0.1, 0.15) is 11.3 Å². The minimum absolute atomic E-state index is 0.0601. The van der Waals surface area contributed by atoms with E-state index in [1.807, 2.05) is 0 Å². The van der Waals surface area contributed by atoms with E-state index in [-0.39, 0.29) is 29.5 Å². The van der Waals surface area contributed by atoms with Crippen LogP contribution in [0.1, 0.15) is 6.42 Å². The number of nitrogens with one attached hydrogen (secondary N) is 1. The molecule has 3 aromatic rings. The molecule has 0 aliphatic rings. The van der Waals surface area contributed by atoms with Crippen LogP contribution >= 0.6 is 0 Å². The first-order valence-electron chi connectivity index (χ1n) is 8.09. The van der Waals surface area contributed by atoms with Crippen LogP contribution in [0.25, 0.3) is 11.0 Å². The van der Waals surface area contributed by atoms with E-state index in [2.05, 4.69) is 15.6 Å². The van der Waals surface area contributed by atoms with Gasteiger partial charge in [0.15, 0.2) is 0 Å². The van der Waals surface area contributed by atoms with Crippen LogP contribution in [0.3, 0.4) is 0 Å². The number of aromatic nitrogens is 3. The topological polar surface area (TPSA) is 97.2 Å². The van der Waals surface area contributed by atoms with Gasteiger partial charge in [-0.05, 0) is 30.3 Å². The van der Waals surface area contributed by atoms with Crippen molar-refractivity contribution in [2.45, 2.75) is 17.9 Å². The molecule has 27 heavy (non-hydrogen) atoms. The number of amides is 1. The standard InChI is InChI=1S/C17H18FN5O3S/c1-22(2)27(25,26)12-7-8-16-15(11-12)20-21-23(16)10-9-17(24)19-14-6-4-3-5-13(14)18/h3-8,11H,9-10H2,1-2H3,(H,19,24). The Morgan fingerprint density at radius 1 is 1.22 bits per heavy atom. The summed E-state index contributed by atoms with van der Waals surface area (Å²) < 4.78 is 40.6. The summed E-state index contributed by atoms with van der Waals surface area (Å²) in [6.45, 7) is 0.219. The number of carbonyl (C=O) groups is 1. The lowest BCUT2D eigenvalue weighted by atomic mass is 10.3. The van der Waals surface area contributed by atoms with Crippen LogP contribution in [-0.4, -0.2) is 47.7 Å². The number of nitrogens with zero attached hydrogens (tertiary/aromatic N) is 4. The van der Waals surface area contributed by atoms with Crippen LogP contribution in [0, 0.1) is 5.82 Å². The lowest BCUT2D eigenvalue weighted by molar-refractivity contribution is -0.116. The Bertz CT molecular complexity index is 1090. The van der Waals surface area contributed by atoms with Gasteiger partial charge in [0.05, 0.1) is 22.6 Å². The number of fused-ring (bicyclic) bond motifs is 1. The highest BCUT2D eigenvalue weighted by Gasteiger charge is 2.19. The van der Waals surface area contributed by atoms with Crippen molar-refractivity contribution in [2.75, 3.05) is 19.4 Å². The van der Waals surface area contributed by atoms with Crippen molar-refractivity contribution in [3.05, 3.63) is 48.3 Å². The molecular weight excluding hydrogens is 373 g/mol. The van der Waals surface area contributed by atoms with Gasteiger partial charge in [0.25, 0.3) is 0 Å². The van der Waals surface area contributed by atoms with Gasteiger partial charge in [-0.25, -0.2) is 21.8 Å². The maximum absolute atomic E-state index is 13.6. The molecule has 0 atom stereocenters. The SMILES string of the molecule is CN(C)S(=O)(=O)c1ccc2c(c1)nnn2CCC(=O)Nc1ccccc1F. The Kier molecular flexibility index (Phi) is 5.19. The number of anilines is 1. The zero-order chi connectivity index (χ0) is 19.6. The molecule has 0 aliphatic heterocycles. The quantitative estimate of drug-likeness (QED) is 0.692. The number of rotatable bonds is 6. The highest BCUT2D eigenvalue weighted by molar-refractivity contribution is 7.89. The van der Waals surface area contributed by atoms with Gasteiger partial charge in [-0.3, -0.25) is 4.79 Å². The number of carbonyl (C=O) groups excluding carboxylic acids is 1.